The lowest BCUT2D eigenvalue weighted by atomic mass is 10.1. The van der Waals surface area contributed by atoms with Crippen LogP contribution in [0.1, 0.15) is 18.1 Å². The molecule has 150 valence electrons. The number of ether oxygens (including phenoxy) is 2. The minimum absolute atomic E-state index is 0.107. The van der Waals surface area contributed by atoms with Gasteiger partial charge in [-0.15, -0.1) is 0 Å². The fraction of sp³-hybridized carbons (Fsp3) is 0.333. The van der Waals surface area contributed by atoms with Crippen molar-refractivity contribution >= 4 is 17.6 Å². The second-order valence-electron chi connectivity index (χ2n) is 6.06. The fourth-order valence-corrected chi connectivity index (χ4v) is 2.64. The second-order valence-corrected chi connectivity index (χ2v) is 6.06. The minimum atomic E-state index is -0.141. The lowest BCUT2D eigenvalue weighted by Crippen LogP contribution is -2.41. The number of nitrogens with zero attached hydrogens (tertiary/aromatic N) is 1. The number of anilines is 1. The van der Waals surface area contributed by atoms with Crippen LogP contribution in [0.2, 0.25) is 0 Å². The molecule has 3 N–H and O–H groups in total. The van der Waals surface area contributed by atoms with Gasteiger partial charge in [-0.3, -0.25) is 9.79 Å². The number of hydrogen-bond donors (Lipinski definition) is 3. The van der Waals surface area contributed by atoms with Crippen LogP contribution in [-0.4, -0.2) is 39.7 Å². The molecule has 2 aromatic carbocycles. The predicted octanol–water partition coefficient (Wildman–Crippen LogP) is 2.57. The maximum Gasteiger partial charge on any atom is 0.243 e. The molecular weight excluding hydrogens is 356 g/mol. The van der Waals surface area contributed by atoms with E-state index in [2.05, 4.69) is 27.9 Å². The van der Waals surface area contributed by atoms with Gasteiger partial charge >= 0.3 is 0 Å². The van der Waals surface area contributed by atoms with Crippen molar-refractivity contribution in [2.75, 3.05) is 33.1 Å². The van der Waals surface area contributed by atoms with Crippen LogP contribution in [0.25, 0.3) is 0 Å². The van der Waals surface area contributed by atoms with E-state index in [4.69, 9.17) is 9.47 Å². The summed E-state index contributed by atoms with van der Waals surface area (Å²) in [6.07, 6.45) is 0.924. The Balaban J connectivity index is 1.86. The normalized spacial score (nSPS) is 10.9. The average Bonchev–Trinajstić information content (AvgIpc) is 2.73. The van der Waals surface area contributed by atoms with Crippen molar-refractivity contribution in [3.8, 4) is 11.5 Å². The highest BCUT2D eigenvalue weighted by atomic mass is 16.5. The van der Waals surface area contributed by atoms with Crippen molar-refractivity contribution in [1.29, 1.82) is 0 Å². The molecule has 0 aliphatic heterocycles. The summed E-state index contributed by atoms with van der Waals surface area (Å²) in [6.45, 7) is 2.68. The summed E-state index contributed by atoms with van der Waals surface area (Å²) >= 11 is 0. The maximum atomic E-state index is 12.2. The molecule has 2 rings (SSSR count). The molecule has 0 aliphatic rings. The Morgan fingerprint density at radius 2 is 1.89 bits per heavy atom. The summed E-state index contributed by atoms with van der Waals surface area (Å²) in [4.78, 5) is 16.3. The Morgan fingerprint density at radius 3 is 2.57 bits per heavy atom. The molecule has 0 fully saturated rings. The molecule has 0 aliphatic carbocycles. The zero-order chi connectivity index (χ0) is 20.4. The van der Waals surface area contributed by atoms with Crippen LogP contribution in [0.15, 0.2) is 47.5 Å². The highest BCUT2D eigenvalue weighted by Crippen LogP contribution is 2.24. The van der Waals surface area contributed by atoms with E-state index in [0.717, 1.165) is 29.2 Å². The van der Waals surface area contributed by atoms with Crippen LogP contribution >= 0.6 is 0 Å². The van der Waals surface area contributed by atoms with Gasteiger partial charge in [-0.1, -0.05) is 19.1 Å². The summed E-state index contributed by atoms with van der Waals surface area (Å²) < 4.78 is 10.6. The van der Waals surface area contributed by atoms with Crippen LogP contribution in [0.5, 0.6) is 11.5 Å². The topological polar surface area (TPSA) is 84.0 Å². The number of guanidine groups is 1. The molecule has 0 unspecified atom stereocenters. The van der Waals surface area contributed by atoms with Crippen molar-refractivity contribution < 1.29 is 14.3 Å². The first-order valence-corrected chi connectivity index (χ1v) is 9.13. The third kappa shape index (κ3) is 6.19. The van der Waals surface area contributed by atoms with Crippen LogP contribution in [-0.2, 0) is 17.8 Å². The van der Waals surface area contributed by atoms with Gasteiger partial charge in [0.15, 0.2) is 5.96 Å². The summed E-state index contributed by atoms with van der Waals surface area (Å²) in [5.74, 6) is 1.83. The van der Waals surface area contributed by atoms with Crippen LogP contribution in [0.4, 0.5) is 5.69 Å². The molecule has 7 heteroatoms. The van der Waals surface area contributed by atoms with E-state index in [-0.39, 0.29) is 12.5 Å². The zero-order valence-corrected chi connectivity index (χ0v) is 16.8. The summed E-state index contributed by atoms with van der Waals surface area (Å²) in [7, 11) is 4.88. The largest absolute Gasteiger partial charge is 0.497 e. The number of amides is 1. The molecule has 0 bridgehead atoms. The van der Waals surface area contributed by atoms with Crippen molar-refractivity contribution in [3.63, 3.8) is 0 Å². The molecule has 0 heterocycles. The van der Waals surface area contributed by atoms with Crippen molar-refractivity contribution in [2.24, 2.45) is 4.99 Å². The van der Waals surface area contributed by atoms with E-state index >= 15 is 0 Å². The SMILES string of the molecule is CCc1cccc(NC(=O)CNC(=NC)NCc2ccc(OC)cc2OC)c1. The first-order valence-electron chi connectivity index (χ1n) is 9.13. The van der Waals surface area contributed by atoms with Gasteiger partial charge in [-0.25, -0.2) is 0 Å². The number of aliphatic imine (C=N–C) groups is 1. The van der Waals surface area contributed by atoms with E-state index in [1.54, 1.807) is 21.3 Å². The maximum absolute atomic E-state index is 12.2. The number of methoxy groups -OCH3 is 2. The zero-order valence-electron chi connectivity index (χ0n) is 16.8. The lowest BCUT2D eigenvalue weighted by molar-refractivity contribution is -0.115. The standard InChI is InChI=1S/C21H28N4O3/c1-5-15-7-6-8-17(11-15)25-20(26)14-24-21(22-2)23-13-16-9-10-18(27-3)12-19(16)28-4/h6-12H,5,13-14H2,1-4H3,(H,25,26)(H2,22,23,24). The third-order valence-electron chi connectivity index (χ3n) is 4.20. The number of benzene rings is 2. The van der Waals surface area contributed by atoms with Gasteiger partial charge in [0.1, 0.15) is 11.5 Å². The molecule has 1 amide bonds. The predicted molar refractivity (Wildman–Crippen MR) is 112 cm³/mol. The summed E-state index contributed by atoms with van der Waals surface area (Å²) in [5, 5.41) is 9.07. The van der Waals surface area contributed by atoms with E-state index in [9.17, 15) is 4.79 Å². The molecule has 0 spiro atoms. The van der Waals surface area contributed by atoms with Gasteiger partial charge in [0, 0.05) is 30.9 Å². The highest BCUT2D eigenvalue weighted by molar-refractivity contribution is 5.95. The number of carbonyl (C=O) groups excluding carboxylic acids is 1. The molecule has 2 aromatic rings. The lowest BCUT2D eigenvalue weighted by Gasteiger charge is -2.14. The molecule has 0 radical (unpaired) electrons. The number of carbonyl (C=O) groups is 1. The molecule has 0 saturated heterocycles. The minimum Gasteiger partial charge on any atom is -0.497 e. The van der Waals surface area contributed by atoms with Crippen LogP contribution in [0.3, 0.4) is 0 Å². The van der Waals surface area contributed by atoms with E-state index < -0.39 is 0 Å². The van der Waals surface area contributed by atoms with Gasteiger partial charge in [0.05, 0.1) is 20.8 Å². The quantitative estimate of drug-likeness (QED) is 0.481. The molecule has 0 aromatic heterocycles. The first-order chi connectivity index (χ1) is 13.6. The van der Waals surface area contributed by atoms with Gasteiger partial charge in [0.2, 0.25) is 5.91 Å². The number of rotatable bonds is 8. The fourth-order valence-electron chi connectivity index (χ4n) is 2.64. The van der Waals surface area contributed by atoms with Gasteiger partial charge in [-0.05, 0) is 36.2 Å². The van der Waals surface area contributed by atoms with E-state index in [1.165, 1.54) is 5.56 Å². The van der Waals surface area contributed by atoms with Crippen molar-refractivity contribution in [2.45, 2.75) is 19.9 Å². The molecule has 7 nitrogen and oxygen atoms in total. The summed E-state index contributed by atoms with van der Waals surface area (Å²) in [5.41, 5.74) is 2.92. The number of aryl methyl sites for hydroxylation is 1. The smallest absolute Gasteiger partial charge is 0.243 e. The Labute approximate surface area is 166 Å². The third-order valence-corrected chi connectivity index (χ3v) is 4.20. The Hall–Kier alpha value is -3.22. The van der Waals surface area contributed by atoms with E-state index in [1.807, 2.05) is 42.5 Å². The van der Waals surface area contributed by atoms with Gasteiger partial charge in [-0.2, -0.15) is 0 Å². The van der Waals surface area contributed by atoms with Crippen LogP contribution in [0, 0.1) is 0 Å². The van der Waals surface area contributed by atoms with Gasteiger partial charge in [0.25, 0.3) is 0 Å². The van der Waals surface area contributed by atoms with Crippen LogP contribution < -0.4 is 25.4 Å². The highest BCUT2D eigenvalue weighted by Gasteiger charge is 2.08. The molecule has 0 saturated carbocycles. The average molecular weight is 384 g/mol. The number of hydrogen-bond acceptors (Lipinski definition) is 4. The molecule has 0 atom stereocenters. The van der Waals surface area contributed by atoms with Gasteiger partial charge < -0.3 is 25.4 Å². The first kappa shape index (κ1) is 21.1. The number of nitrogens with one attached hydrogen (secondary N) is 3. The second kappa shape index (κ2) is 10.8. The monoisotopic (exact) mass is 384 g/mol. The Morgan fingerprint density at radius 1 is 1.07 bits per heavy atom. The Bertz CT molecular complexity index is 821. The molecule has 28 heavy (non-hydrogen) atoms. The molecular formula is C21H28N4O3. The van der Waals surface area contributed by atoms with Crippen molar-refractivity contribution in [3.05, 3.63) is 53.6 Å². The van der Waals surface area contributed by atoms with Crippen molar-refractivity contribution in [1.82, 2.24) is 10.6 Å². The van der Waals surface area contributed by atoms with E-state index in [0.29, 0.717) is 12.5 Å². The summed E-state index contributed by atoms with van der Waals surface area (Å²) in [6, 6.07) is 13.4. The Kier molecular flexibility index (Phi) is 8.14.